The fourth-order valence-electron chi connectivity index (χ4n) is 16.4. The molecule has 3 aromatic carbocycles. The standard InChI is InChI=1S/C37H49N3O7S.C30H35N3O3S.C29H33N3O3S.C13H17NO3S.CH4/c1-24-10-13-33(48-20-6-5-9-34(44)40(2)22-30(42)35(45)36(46)31(43)23-41)39-29(24)14-16-37(17-18-37)28-21-38-19-15-26(28)27-7-3-4-8-32(27)47-25-11-12-25;1-21-10-13-28(37-18-6-5-9-29(34)35-2)33-26(21)20-32-30(15-16-30)25-19-31-17-14-23(25)24-7-3-4-8-27(24)36-22-11-12-22;1-20-9-12-27(36-17-5-4-8-28(33)34)32-25(20)19-31-29(14-15-29)24-18-30-16-13-22(24)23-6-2-3-7-26(23)35-21-10-11-21;1-10-6-7-12(14-11(10)9-15)18-8-4-3-5-13(16)17-2;/h3-4,7-8,10,13,15,19,21,25,30-31,35-36,41-43,45-46H,5-6,9,11-12,14,16-18,20,22-23H2,1-2H3;3-4,7-8,10,13-14,17,19,22,32H,5-6,9,11-12,15-16,18,20H2,1-2H3;2-3,6-7,9,12-13,16,18,21,31H,4-5,8,10-11,14-15,17,19H2,1H3,(H,33,34);6-7,9H,3-5,8H2,1-2H3;1H4/t30-,31+,35+,36+;;;;/m0..../s1. The van der Waals surface area contributed by atoms with Crippen LogP contribution < -0.4 is 24.8 Å². The van der Waals surface area contributed by atoms with Crippen LogP contribution in [0, 0.1) is 27.7 Å². The Morgan fingerprint density at radius 1 is 0.450 bits per heavy atom. The van der Waals surface area contributed by atoms with Crippen molar-refractivity contribution in [2.45, 2.75) is 294 Å². The van der Waals surface area contributed by atoms with Gasteiger partial charge in [-0.3, -0.25) is 38.9 Å². The van der Waals surface area contributed by atoms with Gasteiger partial charge in [-0.2, -0.15) is 0 Å². The van der Waals surface area contributed by atoms with Crippen LogP contribution in [-0.2, 0) is 64.7 Å². The van der Waals surface area contributed by atoms with Gasteiger partial charge in [-0.15, -0.1) is 47.0 Å². The second kappa shape index (κ2) is 53.8. The molecule has 140 heavy (non-hydrogen) atoms. The van der Waals surface area contributed by atoms with E-state index >= 15 is 0 Å². The molecule has 8 N–H and O–H groups in total. The fraction of sp³-hybridized carbons (Fsp3) is 0.473. The molecule has 7 aromatic heterocycles. The lowest BCUT2D eigenvalue weighted by molar-refractivity contribution is -0.141. The number of carbonyl (C=O) groups excluding carboxylic acids is 4. The van der Waals surface area contributed by atoms with E-state index < -0.39 is 37.0 Å². The highest BCUT2D eigenvalue weighted by Crippen LogP contribution is 2.56. The van der Waals surface area contributed by atoms with E-state index in [9.17, 15) is 44.4 Å². The Morgan fingerprint density at radius 2 is 0.814 bits per heavy atom. The zero-order chi connectivity index (χ0) is 98.3. The van der Waals surface area contributed by atoms with Crippen molar-refractivity contribution in [3.05, 3.63) is 238 Å². The van der Waals surface area contributed by atoms with Gasteiger partial charge in [-0.1, -0.05) is 86.3 Å². The number of thioether (sulfide) groups is 4. The molecule has 26 nitrogen and oxygen atoms in total. The predicted octanol–water partition coefficient (Wildman–Crippen LogP) is 19.4. The average molecular weight is 1980 g/mol. The number of ether oxygens (including phenoxy) is 5. The monoisotopic (exact) mass is 1980 g/mol. The van der Waals surface area contributed by atoms with Gasteiger partial charge in [0.25, 0.3) is 0 Å². The number of hydrogen-bond donors (Lipinski definition) is 8. The van der Waals surface area contributed by atoms with Gasteiger partial charge in [0.1, 0.15) is 47.4 Å². The molecule has 6 saturated carbocycles. The average Bonchev–Trinajstić information content (AvgIpc) is 1.60. The maximum absolute atomic E-state index is 12.6. The highest BCUT2D eigenvalue weighted by atomic mass is 32.2. The molecule has 748 valence electrons. The van der Waals surface area contributed by atoms with Crippen LogP contribution in [0.15, 0.2) is 197 Å². The van der Waals surface area contributed by atoms with Crippen LogP contribution in [0.4, 0.5) is 0 Å². The Hall–Kier alpha value is -10.2. The Morgan fingerprint density at radius 3 is 1.20 bits per heavy atom. The molecule has 16 rings (SSSR count). The Bertz CT molecular complexity index is 5720. The number of unbranched alkanes of at least 4 members (excludes halogenated alkanes) is 4. The van der Waals surface area contributed by atoms with E-state index in [2.05, 4.69) is 165 Å². The summed E-state index contributed by atoms with van der Waals surface area (Å²) in [5.74, 6) is 5.13. The first-order valence-corrected chi connectivity index (χ1v) is 52.7. The number of nitrogens with one attached hydrogen (secondary N) is 2. The number of rotatable bonds is 52. The molecule has 0 unspecified atom stereocenters. The molecular formula is C110H138N10O16S4. The summed E-state index contributed by atoms with van der Waals surface area (Å²) in [4.78, 5) is 90.1. The first kappa shape index (κ1) is 109. The van der Waals surface area contributed by atoms with Crippen molar-refractivity contribution in [2.75, 3.05) is 57.4 Å². The van der Waals surface area contributed by atoms with E-state index in [4.69, 9.17) is 44.1 Å². The van der Waals surface area contributed by atoms with Crippen LogP contribution >= 0.6 is 47.0 Å². The topological polar surface area (TPSA) is 370 Å². The Balaban J connectivity index is 0.000000174. The van der Waals surface area contributed by atoms with E-state index in [-0.39, 0.29) is 61.2 Å². The first-order chi connectivity index (χ1) is 67.4. The second-order valence-corrected chi connectivity index (χ2v) is 41.4. The lowest BCUT2D eigenvalue weighted by Crippen LogP contribution is -2.49. The van der Waals surface area contributed by atoms with Gasteiger partial charge in [0, 0.05) is 123 Å². The van der Waals surface area contributed by atoms with Crippen molar-refractivity contribution in [1.82, 2.24) is 50.4 Å². The first-order valence-electron chi connectivity index (χ1n) is 48.8. The molecule has 10 aromatic rings. The minimum Gasteiger partial charge on any atom is -0.490 e. The fourth-order valence-corrected chi connectivity index (χ4v) is 20.0. The van der Waals surface area contributed by atoms with Crippen LogP contribution in [-0.4, -0.2) is 201 Å². The lowest BCUT2D eigenvalue weighted by atomic mass is 9.85. The molecule has 0 radical (unpaired) electrons. The smallest absolute Gasteiger partial charge is 0.305 e. The third kappa shape index (κ3) is 32.4. The molecule has 1 amide bonds. The molecule has 0 spiro atoms. The lowest BCUT2D eigenvalue weighted by Gasteiger charge is -2.28. The third-order valence-corrected chi connectivity index (χ3v) is 30.0. The van der Waals surface area contributed by atoms with Crippen LogP contribution in [0.3, 0.4) is 0 Å². The quantitative estimate of drug-likeness (QED) is 0.00759. The summed E-state index contributed by atoms with van der Waals surface area (Å²) >= 11 is 6.71. The summed E-state index contributed by atoms with van der Waals surface area (Å²) < 4.78 is 28.0. The third-order valence-electron chi connectivity index (χ3n) is 26.0. The highest BCUT2D eigenvalue weighted by Gasteiger charge is 2.49. The minimum atomic E-state index is -1.72. The summed E-state index contributed by atoms with van der Waals surface area (Å²) in [7, 11) is 4.35. The number of carboxylic acid groups (broad SMARTS) is 1. The number of benzene rings is 3. The number of nitrogens with zero attached hydrogens (tertiary/aromatic N) is 8. The van der Waals surface area contributed by atoms with Crippen molar-refractivity contribution in [3.63, 3.8) is 0 Å². The van der Waals surface area contributed by atoms with Gasteiger partial charge >= 0.3 is 17.9 Å². The molecule has 6 aliphatic rings. The van der Waals surface area contributed by atoms with E-state index in [1.165, 1.54) is 76.2 Å². The summed E-state index contributed by atoms with van der Waals surface area (Å²) in [6.07, 6.45) is 30.3. The van der Waals surface area contributed by atoms with Crippen LogP contribution in [0.2, 0.25) is 0 Å². The molecule has 0 bridgehead atoms. The number of aldehydes is 1. The number of aliphatic carboxylic acids is 1. The molecule has 6 aliphatic carbocycles. The number of likely N-dealkylation sites (N-methyl/N-ethyl adjacent to an activating group) is 1. The number of methoxy groups -OCH3 is 2. The molecule has 7 heterocycles. The van der Waals surface area contributed by atoms with Gasteiger partial charge in [0.15, 0.2) is 6.29 Å². The largest absolute Gasteiger partial charge is 0.490 e. The number of aryl methyl sites for hydroxylation is 5. The van der Waals surface area contributed by atoms with Gasteiger partial charge in [0.05, 0.1) is 70.6 Å². The molecule has 6 fully saturated rings. The van der Waals surface area contributed by atoms with Gasteiger partial charge in [-0.05, 0) is 314 Å². The number of para-hydroxylation sites is 3. The molecule has 4 atom stereocenters. The SMILES string of the molecule is C.COC(=O)CCCCSc1ccc(C)c(C=O)n1.COC(=O)CCCCSc1ccc(C)c(CNC2(c3cnccc3-c3ccccc3OC3CC3)CC2)n1.Cc1ccc(SCCCCC(=O)N(C)C[C@H](O)[C@@H](O)[C@H](O)[C@H](O)CO)nc1CCC1(c2cnccc2-c2ccccc2OC2CC2)CC1.Cc1ccc(SCCCCC(=O)O)nc1CNC1(c2cnccc2-c2ccccc2OC2CC2)CC1. The highest BCUT2D eigenvalue weighted by molar-refractivity contribution is 7.99. The predicted molar refractivity (Wildman–Crippen MR) is 551 cm³/mol. The van der Waals surface area contributed by atoms with Gasteiger partial charge < -0.3 is 69.9 Å². The Kier molecular flexibility index (Phi) is 41.7. The summed E-state index contributed by atoms with van der Waals surface area (Å²) in [5, 5.41) is 68.7. The van der Waals surface area contributed by atoms with Crippen molar-refractivity contribution < 1.29 is 78.3 Å². The zero-order valence-corrected chi connectivity index (χ0v) is 84.1. The van der Waals surface area contributed by atoms with Crippen molar-refractivity contribution in [2.24, 2.45) is 0 Å². The van der Waals surface area contributed by atoms with Crippen LogP contribution in [0.5, 0.6) is 17.2 Å². The molecule has 0 aliphatic heterocycles. The zero-order valence-electron chi connectivity index (χ0n) is 80.9. The number of pyridine rings is 7. The second-order valence-electron chi connectivity index (χ2n) is 36.9. The summed E-state index contributed by atoms with van der Waals surface area (Å²) in [6, 6.07) is 47.8. The maximum atomic E-state index is 12.6. The number of hydrogen-bond acceptors (Lipinski definition) is 28. The molecule has 0 saturated heterocycles. The Labute approximate surface area is 841 Å². The van der Waals surface area contributed by atoms with E-state index in [1.807, 2.05) is 74.4 Å². The van der Waals surface area contributed by atoms with E-state index in [0.29, 0.717) is 62.8 Å². The molecule has 30 heteroatoms. The van der Waals surface area contributed by atoms with Crippen LogP contribution in [0.25, 0.3) is 33.4 Å². The van der Waals surface area contributed by atoms with Gasteiger partial charge in [-0.25, -0.2) is 19.9 Å². The number of aliphatic hydroxyl groups excluding tert-OH is 5. The minimum absolute atomic E-state index is 0. The number of esters is 2. The maximum Gasteiger partial charge on any atom is 0.305 e. The number of carboxylic acids is 1. The van der Waals surface area contributed by atoms with Crippen molar-refractivity contribution >= 4 is 77.1 Å². The van der Waals surface area contributed by atoms with E-state index in [0.717, 1.165) is 234 Å². The number of amides is 1. The number of aliphatic hydroxyl groups is 5. The summed E-state index contributed by atoms with van der Waals surface area (Å²) in [6.45, 7) is 8.64. The normalized spacial score (nSPS) is 15.7. The number of carbonyl (C=O) groups is 5. The summed E-state index contributed by atoms with van der Waals surface area (Å²) in [5.41, 5.74) is 18.8. The number of aromatic nitrogens is 7. The van der Waals surface area contributed by atoms with E-state index in [1.54, 1.807) is 47.0 Å². The van der Waals surface area contributed by atoms with Crippen LogP contribution in [0.1, 0.15) is 234 Å². The van der Waals surface area contributed by atoms with Gasteiger partial charge in [0.2, 0.25) is 5.91 Å². The molecular weight excluding hydrogens is 1850 g/mol. The van der Waals surface area contributed by atoms with Crippen molar-refractivity contribution in [3.8, 4) is 50.6 Å². The van der Waals surface area contributed by atoms with Crippen molar-refractivity contribution in [1.29, 1.82) is 0 Å².